The minimum absolute atomic E-state index is 0.143. The topological polar surface area (TPSA) is 72.1 Å². The van der Waals surface area contributed by atoms with Gasteiger partial charge in [-0.05, 0) is 31.4 Å². The molecule has 3 heterocycles. The molecule has 0 unspecified atom stereocenters. The van der Waals surface area contributed by atoms with E-state index in [-0.39, 0.29) is 11.9 Å². The molecule has 1 atom stereocenters. The third kappa shape index (κ3) is 3.71. The molecule has 1 aliphatic rings. The quantitative estimate of drug-likeness (QED) is 0.682. The second-order valence-electron chi connectivity index (χ2n) is 6.63. The Morgan fingerprint density at radius 1 is 1.22 bits per heavy atom. The Bertz CT molecular complexity index is 955. The van der Waals surface area contributed by atoms with Gasteiger partial charge in [0.25, 0.3) is 5.91 Å². The molecule has 1 saturated heterocycles. The predicted octanol–water partition coefficient (Wildman–Crippen LogP) is 3.99. The van der Waals surface area contributed by atoms with Crippen LogP contribution in [0.1, 0.15) is 52.3 Å². The molecule has 1 amide bonds. The normalized spacial score (nSPS) is 16.7. The lowest BCUT2D eigenvalue weighted by molar-refractivity contribution is 0.0708. The van der Waals surface area contributed by atoms with Gasteiger partial charge in [0.2, 0.25) is 5.89 Å². The lowest BCUT2D eigenvalue weighted by Gasteiger charge is -2.21. The van der Waals surface area contributed by atoms with Crippen LogP contribution in [0.25, 0.3) is 0 Å². The van der Waals surface area contributed by atoms with Crippen LogP contribution < -0.4 is 0 Å². The second-order valence-corrected chi connectivity index (χ2v) is 7.04. The minimum atomic E-state index is -0.180. The molecule has 7 heteroatoms. The summed E-state index contributed by atoms with van der Waals surface area (Å²) in [5.41, 5.74) is 2.10. The first-order chi connectivity index (χ1) is 13.1. The van der Waals surface area contributed by atoms with Gasteiger partial charge in [-0.25, -0.2) is 9.97 Å². The summed E-state index contributed by atoms with van der Waals surface area (Å²) < 4.78 is 5.96. The van der Waals surface area contributed by atoms with Crippen LogP contribution in [0, 0.1) is 6.92 Å². The molecular weight excluding hydrogens is 364 g/mol. The van der Waals surface area contributed by atoms with Gasteiger partial charge in [-0.1, -0.05) is 29.8 Å². The fourth-order valence-electron chi connectivity index (χ4n) is 3.30. The molecule has 4 rings (SSSR count). The molecule has 3 aromatic rings. The van der Waals surface area contributed by atoms with Crippen molar-refractivity contribution in [1.29, 1.82) is 0 Å². The van der Waals surface area contributed by atoms with Crippen molar-refractivity contribution in [3.05, 3.63) is 76.5 Å². The Morgan fingerprint density at radius 3 is 2.85 bits per heavy atom. The van der Waals surface area contributed by atoms with E-state index in [0.717, 1.165) is 29.9 Å². The SMILES string of the molecule is Cc1cnc(C(=O)N2CCC[C@H]2c2ncc(Cc3ccccc3Cl)o2)cn1. The van der Waals surface area contributed by atoms with Crippen LogP contribution in [0.15, 0.2) is 47.3 Å². The maximum absolute atomic E-state index is 12.8. The van der Waals surface area contributed by atoms with E-state index in [1.165, 1.54) is 6.20 Å². The van der Waals surface area contributed by atoms with E-state index in [4.69, 9.17) is 16.0 Å². The maximum Gasteiger partial charge on any atom is 0.274 e. The molecule has 0 aliphatic carbocycles. The van der Waals surface area contributed by atoms with E-state index >= 15 is 0 Å². The fraction of sp³-hybridized carbons (Fsp3) is 0.300. The number of halogens is 1. The standard InChI is InChI=1S/C20H19ClN4O2/c1-13-10-23-17(12-22-13)20(26)25-8-4-7-18(25)19-24-11-15(27-19)9-14-5-2-3-6-16(14)21/h2-3,5-6,10-12,18H,4,7-9H2,1H3/t18-/m0/s1. The highest BCUT2D eigenvalue weighted by molar-refractivity contribution is 6.31. The molecule has 0 spiro atoms. The number of amides is 1. The smallest absolute Gasteiger partial charge is 0.274 e. The number of hydrogen-bond acceptors (Lipinski definition) is 5. The third-order valence-corrected chi connectivity index (χ3v) is 5.06. The van der Waals surface area contributed by atoms with Crippen molar-refractivity contribution in [3.8, 4) is 0 Å². The van der Waals surface area contributed by atoms with Gasteiger partial charge in [0.1, 0.15) is 17.5 Å². The van der Waals surface area contributed by atoms with Gasteiger partial charge in [-0.3, -0.25) is 9.78 Å². The summed E-state index contributed by atoms with van der Waals surface area (Å²) in [7, 11) is 0. The Labute approximate surface area is 162 Å². The van der Waals surface area contributed by atoms with E-state index < -0.39 is 0 Å². The van der Waals surface area contributed by atoms with Gasteiger partial charge in [-0.15, -0.1) is 0 Å². The summed E-state index contributed by atoms with van der Waals surface area (Å²) in [4.78, 5) is 27.4. The van der Waals surface area contributed by atoms with Crippen molar-refractivity contribution >= 4 is 17.5 Å². The number of aromatic nitrogens is 3. The molecule has 6 nitrogen and oxygen atoms in total. The van der Waals surface area contributed by atoms with Crippen LogP contribution >= 0.6 is 11.6 Å². The zero-order valence-corrected chi connectivity index (χ0v) is 15.7. The zero-order valence-electron chi connectivity index (χ0n) is 14.9. The van der Waals surface area contributed by atoms with E-state index in [1.807, 2.05) is 31.2 Å². The third-order valence-electron chi connectivity index (χ3n) is 4.69. The van der Waals surface area contributed by atoms with Crippen LogP contribution in [-0.4, -0.2) is 32.3 Å². The van der Waals surface area contributed by atoms with Crippen LogP contribution in [0.4, 0.5) is 0 Å². The summed E-state index contributed by atoms with van der Waals surface area (Å²) in [6, 6.07) is 7.48. The summed E-state index contributed by atoms with van der Waals surface area (Å²) in [6.07, 6.45) is 7.12. The van der Waals surface area contributed by atoms with Crippen molar-refractivity contribution in [2.75, 3.05) is 6.54 Å². The van der Waals surface area contributed by atoms with Gasteiger partial charge < -0.3 is 9.32 Å². The summed E-state index contributed by atoms with van der Waals surface area (Å²) in [5.74, 6) is 1.14. The first-order valence-corrected chi connectivity index (χ1v) is 9.27. The number of benzene rings is 1. The molecule has 1 aliphatic heterocycles. The lowest BCUT2D eigenvalue weighted by atomic mass is 10.1. The van der Waals surface area contributed by atoms with Crippen molar-refractivity contribution < 1.29 is 9.21 Å². The monoisotopic (exact) mass is 382 g/mol. The molecule has 0 saturated carbocycles. The highest BCUT2D eigenvalue weighted by Gasteiger charge is 2.34. The van der Waals surface area contributed by atoms with E-state index in [2.05, 4.69) is 15.0 Å². The number of aryl methyl sites for hydroxylation is 1. The van der Waals surface area contributed by atoms with Gasteiger partial charge in [0, 0.05) is 24.2 Å². The van der Waals surface area contributed by atoms with Crippen LogP contribution in [0.3, 0.4) is 0 Å². The van der Waals surface area contributed by atoms with Crippen molar-refractivity contribution in [3.63, 3.8) is 0 Å². The van der Waals surface area contributed by atoms with Gasteiger partial charge >= 0.3 is 0 Å². The lowest BCUT2D eigenvalue weighted by Crippen LogP contribution is -2.31. The van der Waals surface area contributed by atoms with E-state index in [1.54, 1.807) is 17.3 Å². The average Bonchev–Trinajstić information content (AvgIpc) is 3.33. The van der Waals surface area contributed by atoms with Gasteiger partial charge in [-0.2, -0.15) is 0 Å². The average molecular weight is 383 g/mol. The maximum atomic E-state index is 12.8. The first-order valence-electron chi connectivity index (χ1n) is 8.89. The molecule has 0 bridgehead atoms. The van der Waals surface area contributed by atoms with Crippen molar-refractivity contribution in [2.45, 2.75) is 32.2 Å². The Kier molecular flexibility index (Phi) is 4.90. The summed E-state index contributed by atoms with van der Waals surface area (Å²) in [5, 5.41) is 0.700. The van der Waals surface area contributed by atoms with Crippen LogP contribution in [-0.2, 0) is 6.42 Å². The Morgan fingerprint density at radius 2 is 2.07 bits per heavy atom. The summed E-state index contributed by atoms with van der Waals surface area (Å²) in [6.45, 7) is 2.49. The van der Waals surface area contributed by atoms with Gasteiger partial charge in [0.05, 0.1) is 18.1 Å². The highest BCUT2D eigenvalue weighted by Crippen LogP contribution is 2.33. The number of likely N-dealkylation sites (tertiary alicyclic amines) is 1. The Balaban J connectivity index is 1.52. The Hall–Kier alpha value is -2.73. The molecule has 0 N–H and O–H groups in total. The van der Waals surface area contributed by atoms with Crippen molar-refractivity contribution in [1.82, 2.24) is 19.9 Å². The molecule has 27 heavy (non-hydrogen) atoms. The van der Waals surface area contributed by atoms with Gasteiger partial charge in [0.15, 0.2) is 0 Å². The molecule has 138 valence electrons. The predicted molar refractivity (Wildman–Crippen MR) is 101 cm³/mol. The highest BCUT2D eigenvalue weighted by atomic mass is 35.5. The van der Waals surface area contributed by atoms with Crippen LogP contribution in [0.2, 0.25) is 5.02 Å². The second kappa shape index (κ2) is 7.48. The van der Waals surface area contributed by atoms with Crippen molar-refractivity contribution in [2.24, 2.45) is 0 Å². The molecule has 2 aromatic heterocycles. The number of carbonyl (C=O) groups is 1. The zero-order chi connectivity index (χ0) is 18.8. The molecule has 1 aromatic carbocycles. The number of hydrogen-bond donors (Lipinski definition) is 0. The molecule has 0 radical (unpaired) electrons. The largest absolute Gasteiger partial charge is 0.443 e. The van der Waals surface area contributed by atoms with E-state index in [9.17, 15) is 4.79 Å². The summed E-state index contributed by atoms with van der Waals surface area (Å²) >= 11 is 6.22. The first kappa shape index (κ1) is 17.7. The number of oxazole rings is 1. The number of nitrogens with zero attached hydrogens (tertiary/aromatic N) is 4. The molecular formula is C20H19ClN4O2. The van der Waals surface area contributed by atoms with E-state index in [0.29, 0.717) is 29.6 Å². The number of rotatable bonds is 4. The minimum Gasteiger partial charge on any atom is -0.443 e. The fourth-order valence-corrected chi connectivity index (χ4v) is 3.51. The molecule has 1 fully saturated rings. The number of carbonyl (C=O) groups excluding carboxylic acids is 1. The van der Waals surface area contributed by atoms with Crippen LogP contribution in [0.5, 0.6) is 0 Å².